The van der Waals surface area contributed by atoms with E-state index in [1.807, 2.05) is 17.9 Å². The molecule has 0 fully saturated rings. The Balaban J connectivity index is 4.01. The highest BCUT2D eigenvalue weighted by atomic mass is 16.3. The topological polar surface area (TPSA) is 40.5 Å². The number of rotatable bonds is 13. The third kappa shape index (κ3) is 10.8. The number of aliphatic hydroxyl groups excluding tert-OH is 1. The zero-order valence-corrected chi connectivity index (χ0v) is 15.2. The lowest BCUT2D eigenvalue weighted by Gasteiger charge is -2.31. The summed E-state index contributed by atoms with van der Waals surface area (Å²) in [7, 11) is 4.18. The van der Waals surface area contributed by atoms with Gasteiger partial charge < -0.3 is 14.5 Å². The molecular formula is C18H37N2O2+. The highest BCUT2D eigenvalue weighted by Crippen LogP contribution is 2.04. The van der Waals surface area contributed by atoms with Crippen LogP contribution in [0.15, 0.2) is 12.2 Å². The number of hydrogen-bond donors (Lipinski definition) is 1. The van der Waals surface area contributed by atoms with E-state index in [4.69, 9.17) is 5.11 Å². The van der Waals surface area contributed by atoms with E-state index in [1.54, 1.807) is 0 Å². The molecule has 4 nitrogen and oxygen atoms in total. The monoisotopic (exact) mass is 313 g/mol. The van der Waals surface area contributed by atoms with Crippen LogP contribution in [0.1, 0.15) is 52.4 Å². The summed E-state index contributed by atoms with van der Waals surface area (Å²) in [6.45, 7) is 7.54. The predicted molar refractivity (Wildman–Crippen MR) is 93.7 cm³/mol. The molecule has 1 N–H and O–H groups in total. The fourth-order valence-corrected chi connectivity index (χ4v) is 2.35. The SMILES string of the molecule is CCCCCC/C=C/CC(=O)N(CC)CC[N+](C)(C)CCO. The fourth-order valence-electron chi connectivity index (χ4n) is 2.35. The van der Waals surface area contributed by atoms with Crippen LogP contribution in [-0.4, -0.2) is 67.3 Å². The maximum Gasteiger partial charge on any atom is 0.226 e. The first-order chi connectivity index (χ1) is 10.5. The minimum Gasteiger partial charge on any atom is -0.391 e. The second-order valence-electron chi connectivity index (χ2n) is 6.60. The standard InChI is InChI=1S/C18H37N2O2/c1-5-7-8-9-10-11-12-13-18(22)19(6-2)14-15-20(3,4)16-17-21/h11-12,21H,5-10,13-17H2,1-4H3/q+1/b12-11+. The van der Waals surface area contributed by atoms with E-state index < -0.39 is 0 Å². The zero-order valence-electron chi connectivity index (χ0n) is 15.2. The number of unbranched alkanes of at least 4 members (excludes halogenated alkanes) is 4. The molecule has 0 aliphatic heterocycles. The molecule has 0 aliphatic rings. The Morgan fingerprint density at radius 1 is 1.09 bits per heavy atom. The summed E-state index contributed by atoms with van der Waals surface area (Å²) < 4.78 is 0.744. The van der Waals surface area contributed by atoms with Gasteiger partial charge in [0.2, 0.25) is 5.91 Å². The van der Waals surface area contributed by atoms with Gasteiger partial charge in [-0.15, -0.1) is 0 Å². The van der Waals surface area contributed by atoms with Crippen molar-refractivity contribution in [3.63, 3.8) is 0 Å². The van der Waals surface area contributed by atoms with E-state index in [-0.39, 0.29) is 12.5 Å². The van der Waals surface area contributed by atoms with Crippen molar-refractivity contribution in [2.24, 2.45) is 0 Å². The van der Waals surface area contributed by atoms with Crippen LogP contribution in [0, 0.1) is 0 Å². The molecular weight excluding hydrogens is 276 g/mol. The number of amides is 1. The van der Waals surface area contributed by atoms with Crippen molar-refractivity contribution >= 4 is 5.91 Å². The van der Waals surface area contributed by atoms with Gasteiger partial charge in [-0.05, 0) is 19.8 Å². The van der Waals surface area contributed by atoms with E-state index in [0.717, 1.165) is 37.1 Å². The number of carbonyl (C=O) groups excluding carboxylic acids is 1. The Morgan fingerprint density at radius 3 is 2.41 bits per heavy atom. The van der Waals surface area contributed by atoms with Crippen molar-refractivity contribution in [3.05, 3.63) is 12.2 Å². The number of allylic oxidation sites excluding steroid dienone is 1. The van der Waals surface area contributed by atoms with Crippen molar-refractivity contribution in [2.45, 2.75) is 52.4 Å². The fraction of sp³-hybridized carbons (Fsp3) is 0.833. The Labute approximate surface area is 137 Å². The Kier molecular flexibility index (Phi) is 12.2. The Hall–Kier alpha value is -0.870. The first kappa shape index (κ1) is 21.1. The lowest BCUT2D eigenvalue weighted by Crippen LogP contribution is -2.48. The summed E-state index contributed by atoms with van der Waals surface area (Å²) in [5, 5.41) is 9.05. The molecule has 0 aliphatic carbocycles. The van der Waals surface area contributed by atoms with Gasteiger partial charge >= 0.3 is 0 Å². The molecule has 0 spiro atoms. The molecule has 1 amide bonds. The van der Waals surface area contributed by atoms with E-state index in [2.05, 4.69) is 27.1 Å². The number of quaternary nitrogens is 1. The van der Waals surface area contributed by atoms with E-state index in [0.29, 0.717) is 6.42 Å². The van der Waals surface area contributed by atoms with Crippen LogP contribution in [0.3, 0.4) is 0 Å². The molecule has 0 saturated carbocycles. The van der Waals surface area contributed by atoms with Crippen LogP contribution in [0.5, 0.6) is 0 Å². The molecule has 0 bridgehead atoms. The molecule has 22 heavy (non-hydrogen) atoms. The smallest absolute Gasteiger partial charge is 0.226 e. The number of aliphatic hydroxyl groups is 1. The number of hydrogen-bond acceptors (Lipinski definition) is 2. The maximum atomic E-state index is 12.2. The highest BCUT2D eigenvalue weighted by molar-refractivity contribution is 5.77. The molecule has 0 radical (unpaired) electrons. The minimum absolute atomic E-state index is 0.188. The van der Waals surface area contributed by atoms with Gasteiger partial charge in [0.1, 0.15) is 6.54 Å². The lowest BCUT2D eigenvalue weighted by atomic mass is 10.1. The first-order valence-electron chi connectivity index (χ1n) is 8.82. The van der Waals surface area contributed by atoms with E-state index >= 15 is 0 Å². The van der Waals surface area contributed by atoms with E-state index in [9.17, 15) is 4.79 Å². The average Bonchev–Trinajstić information content (AvgIpc) is 2.46. The maximum absolute atomic E-state index is 12.2. The Morgan fingerprint density at radius 2 is 1.82 bits per heavy atom. The minimum atomic E-state index is 0.188. The molecule has 0 unspecified atom stereocenters. The molecule has 130 valence electrons. The van der Waals surface area contributed by atoms with Crippen molar-refractivity contribution in [1.29, 1.82) is 0 Å². The van der Waals surface area contributed by atoms with Gasteiger partial charge in [0.25, 0.3) is 0 Å². The van der Waals surface area contributed by atoms with Gasteiger partial charge in [0, 0.05) is 13.0 Å². The molecule has 0 aromatic carbocycles. The molecule has 0 aromatic rings. The zero-order chi connectivity index (χ0) is 16.8. The van der Waals surface area contributed by atoms with Crippen LogP contribution < -0.4 is 0 Å². The van der Waals surface area contributed by atoms with Gasteiger partial charge in [0.05, 0.1) is 33.8 Å². The van der Waals surface area contributed by atoms with Crippen molar-refractivity contribution in [3.8, 4) is 0 Å². The quantitative estimate of drug-likeness (QED) is 0.323. The molecule has 0 rings (SSSR count). The molecule has 0 aromatic heterocycles. The van der Waals surface area contributed by atoms with Crippen LogP contribution >= 0.6 is 0 Å². The van der Waals surface area contributed by atoms with Crippen molar-refractivity contribution in [1.82, 2.24) is 4.90 Å². The molecule has 0 heterocycles. The number of likely N-dealkylation sites (N-methyl/N-ethyl adjacent to an activating group) is 2. The second kappa shape index (κ2) is 12.7. The molecule has 4 heteroatoms. The number of nitrogens with zero attached hydrogens (tertiary/aromatic N) is 2. The van der Waals surface area contributed by atoms with Crippen LogP contribution in [0.2, 0.25) is 0 Å². The van der Waals surface area contributed by atoms with E-state index in [1.165, 1.54) is 25.7 Å². The average molecular weight is 314 g/mol. The molecule has 0 saturated heterocycles. The van der Waals surface area contributed by atoms with Crippen LogP contribution in [0.4, 0.5) is 0 Å². The van der Waals surface area contributed by atoms with Gasteiger partial charge in [-0.1, -0.05) is 38.3 Å². The molecule has 0 atom stereocenters. The highest BCUT2D eigenvalue weighted by Gasteiger charge is 2.18. The largest absolute Gasteiger partial charge is 0.391 e. The van der Waals surface area contributed by atoms with Gasteiger partial charge in [-0.3, -0.25) is 4.79 Å². The van der Waals surface area contributed by atoms with Crippen molar-refractivity contribution < 1.29 is 14.4 Å². The first-order valence-corrected chi connectivity index (χ1v) is 8.82. The van der Waals surface area contributed by atoms with Gasteiger partial charge in [-0.2, -0.15) is 0 Å². The second-order valence-corrected chi connectivity index (χ2v) is 6.60. The van der Waals surface area contributed by atoms with Crippen LogP contribution in [-0.2, 0) is 4.79 Å². The van der Waals surface area contributed by atoms with Crippen molar-refractivity contribution in [2.75, 3.05) is 46.9 Å². The predicted octanol–water partition coefficient (Wildman–Crippen LogP) is 2.82. The summed E-state index contributed by atoms with van der Waals surface area (Å²) in [4.78, 5) is 14.1. The summed E-state index contributed by atoms with van der Waals surface area (Å²) >= 11 is 0. The number of carbonyl (C=O) groups is 1. The summed E-state index contributed by atoms with van der Waals surface area (Å²) in [6, 6.07) is 0. The van der Waals surface area contributed by atoms with Gasteiger partial charge in [-0.25, -0.2) is 0 Å². The third-order valence-electron chi connectivity index (χ3n) is 4.10. The summed E-state index contributed by atoms with van der Waals surface area (Å²) in [5.41, 5.74) is 0. The van der Waals surface area contributed by atoms with Gasteiger partial charge in [0.15, 0.2) is 0 Å². The summed E-state index contributed by atoms with van der Waals surface area (Å²) in [5.74, 6) is 0.205. The van der Waals surface area contributed by atoms with Crippen LogP contribution in [0.25, 0.3) is 0 Å². The Bertz CT molecular complexity index is 314. The lowest BCUT2D eigenvalue weighted by molar-refractivity contribution is -0.890. The summed E-state index contributed by atoms with van der Waals surface area (Å²) in [6.07, 6.45) is 10.8. The third-order valence-corrected chi connectivity index (χ3v) is 4.10. The normalized spacial score (nSPS) is 12.0.